The van der Waals surface area contributed by atoms with E-state index in [-0.39, 0.29) is 17.3 Å². The molecule has 0 fully saturated rings. The van der Waals surface area contributed by atoms with Crippen molar-refractivity contribution in [2.24, 2.45) is 0 Å². The number of benzene rings is 2. The number of hydrogen-bond donors (Lipinski definition) is 2. The molecular formula is C19H16F2N4O2. The van der Waals surface area contributed by atoms with E-state index in [0.717, 1.165) is 12.1 Å². The number of ether oxygens (including phenoxy) is 1. The summed E-state index contributed by atoms with van der Waals surface area (Å²) >= 11 is 0. The molecule has 1 heterocycles. The van der Waals surface area contributed by atoms with Crippen LogP contribution in [0.1, 0.15) is 16.2 Å². The van der Waals surface area contributed by atoms with E-state index in [4.69, 9.17) is 4.74 Å². The largest absolute Gasteiger partial charge is 0.497 e. The summed E-state index contributed by atoms with van der Waals surface area (Å²) in [7, 11) is 1.52. The van der Waals surface area contributed by atoms with E-state index in [1.165, 1.54) is 19.2 Å². The highest BCUT2D eigenvalue weighted by molar-refractivity contribution is 6.03. The van der Waals surface area contributed by atoms with Crippen LogP contribution in [-0.4, -0.2) is 23.0 Å². The van der Waals surface area contributed by atoms with Crippen molar-refractivity contribution in [2.45, 2.75) is 6.92 Å². The fourth-order valence-corrected chi connectivity index (χ4v) is 2.37. The molecule has 3 aromatic rings. The van der Waals surface area contributed by atoms with Crippen LogP contribution in [0.15, 0.2) is 48.5 Å². The average Bonchev–Trinajstić information content (AvgIpc) is 2.64. The highest BCUT2D eigenvalue weighted by Crippen LogP contribution is 2.22. The molecule has 0 aliphatic rings. The minimum atomic E-state index is -0.789. The molecule has 27 heavy (non-hydrogen) atoms. The molecule has 0 saturated heterocycles. The lowest BCUT2D eigenvalue weighted by molar-refractivity contribution is 0.102. The topological polar surface area (TPSA) is 76.1 Å². The van der Waals surface area contributed by atoms with Crippen molar-refractivity contribution in [2.75, 3.05) is 17.7 Å². The van der Waals surface area contributed by atoms with E-state index in [0.29, 0.717) is 17.1 Å². The Morgan fingerprint density at radius 2 is 1.74 bits per heavy atom. The first kappa shape index (κ1) is 18.2. The van der Waals surface area contributed by atoms with E-state index >= 15 is 0 Å². The van der Waals surface area contributed by atoms with Gasteiger partial charge in [0.15, 0.2) is 0 Å². The lowest BCUT2D eigenvalue weighted by Gasteiger charge is -2.10. The number of nitrogens with zero attached hydrogens (tertiary/aromatic N) is 2. The van der Waals surface area contributed by atoms with E-state index in [9.17, 15) is 13.6 Å². The Morgan fingerprint density at radius 1 is 1.04 bits per heavy atom. The molecule has 0 aliphatic heterocycles. The zero-order valence-electron chi connectivity index (χ0n) is 14.6. The summed E-state index contributed by atoms with van der Waals surface area (Å²) in [6.45, 7) is 1.65. The number of amides is 1. The number of aryl methyl sites for hydroxylation is 1. The van der Waals surface area contributed by atoms with Gasteiger partial charge in [0, 0.05) is 17.4 Å². The quantitative estimate of drug-likeness (QED) is 0.708. The molecule has 138 valence electrons. The van der Waals surface area contributed by atoms with Gasteiger partial charge < -0.3 is 15.4 Å². The van der Waals surface area contributed by atoms with Crippen molar-refractivity contribution < 1.29 is 18.3 Å². The molecule has 0 unspecified atom stereocenters. The van der Waals surface area contributed by atoms with Crippen LogP contribution < -0.4 is 15.4 Å². The van der Waals surface area contributed by atoms with Crippen LogP contribution in [-0.2, 0) is 0 Å². The van der Waals surface area contributed by atoms with Gasteiger partial charge in [-0.1, -0.05) is 12.1 Å². The molecule has 0 bridgehead atoms. The van der Waals surface area contributed by atoms with Gasteiger partial charge in [-0.2, -0.15) is 0 Å². The van der Waals surface area contributed by atoms with Crippen LogP contribution in [0.4, 0.5) is 26.1 Å². The number of hydrogen-bond acceptors (Lipinski definition) is 5. The monoisotopic (exact) mass is 370 g/mol. The Morgan fingerprint density at radius 3 is 2.44 bits per heavy atom. The second-order valence-corrected chi connectivity index (χ2v) is 5.63. The van der Waals surface area contributed by atoms with Gasteiger partial charge in [-0.15, -0.1) is 0 Å². The Hall–Kier alpha value is -3.55. The van der Waals surface area contributed by atoms with Gasteiger partial charge >= 0.3 is 0 Å². The highest BCUT2D eigenvalue weighted by atomic mass is 19.1. The summed E-state index contributed by atoms with van der Waals surface area (Å²) in [6, 6.07) is 11.8. The van der Waals surface area contributed by atoms with Crippen LogP contribution in [0, 0.1) is 18.6 Å². The van der Waals surface area contributed by atoms with Crippen LogP contribution in [0.2, 0.25) is 0 Å². The first-order chi connectivity index (χ1) is 13.0. The third kappa shape index (κ3) is 4.35. The Kier molecular flexibility index (Phi) is 5.25. The van der Waals surface area contributed by atoms with Crippen molar-refractivity contribution in [3.63, 3.8) is 0 Å². The van der Waals surface area contributed by atoms with Crippen LogP contribution in [0.5, 0.6) is 5.75 Å². The van der Waals surface area contributed by atoms with Crippen LogP contribution >= 0.6 is 0 Å². The lowest BCUT2D eigenvalue weighted by Crippen LogP contribution is -2.15. The average molecular weight is 370 g/mol. The van der Waals surface area contributed by atoms with Gasteiger partial charge in [-0.3, -0.25) is 4.79 Å². The molecule has 3 rings (SSSR count). The van der Waals surface area contributed by atoms with Gasteiger partial charge in [0.05, 0.1) is 7.11 Å². The fourth-order valence-electron chi connectivity index (χ4n) is 2.37. The number of nitrogens with one attached hydrogen (secondary N) is 2. The first-order valence-corrected chi connectivity index (χ1v) is 7.98. The van der Waals surface area contributed by atoms with Crippen LogP contribution in [0.3, 0.4) is 0 Å². The highest BCUT2D eigenvalue weighted by Gasteiger charge is 2.14. The second kappa shape index (κ2) is 7.77. The molecule has 2 N–H and O–H groups in total. The number of carbonyl (C=O) groups excluding carboxylic acids is 1. The van der Waals surface area contributed by atoms with Crippen molar-refractivity contribution >= 4 is 23.2 Å². The number of aromatic nitrogens is 2. The first-order valence-electron chi connectivity index (χ1n) is 7.98. The summed E-state index contributed by atoms with van der Waals surface area (Å²) in [5, 5.41) is 5.18. The van der Waals surface area contributed by atoms with E-state index in [1.807, 2.05) is 0 Å². The zero-order chi connectivity index (χ0) is 19.4. The standard InChI is InChI=1S/C19H16F2N4O2/c1-11-9-16(18(26)23-12-5-3-6-13(10-12)27-2)24-19(22-11)25-17-14(20)7-4-8-15(17)21/h3-10H,1-2H3,(H,23,26)(H,22,24,25). The molecule has 0 aliphatic carbocycles. The molecule has 0 saturated carbocycles. The number of anilines is 3. The molecule has 0 radical (unpaired) electrons. The van der Waals surface area contributed by atoms with Gasteiger partial charge in [0.25, 0.3) is 5.91 Å². The SMILES string of the molecule is COc1cccc(NC(=O)c2cc(C)nc(Nc3c(F)cccc3F)n2)c1. The number of carbonyl (C=O) groups is 1. The van der Waals surface area contributed by atoms with E-state index in [1.54, 1.807) is 31.2 Å². The lowest BCUT2D eigenvalue weighted by atomic mass is 10.2. The maximum Gasteiger partial charge on any atom is 0.274 e. The molecular weight excluding hydrogens is 354 g/mol. The summed E-state index contributed by atoms with van der Waals surface area (Å²) in [6.07, 6.45) is 0. The molecule has 6 nitrogen and oxygen atoms in total. The number of rotatable bonds is 5. The molecule has 0 spiro atoms. The molecule has 2 aromatic carbocycles. The van der Waals surface area contributed by atoms with Gasteiger partial charge in [0.1, 0.15) is 28.8 Å². The summed E-state index contributed by atoms with van der Waals surface area (Å²) in [5.74, 6) is -1.57. The third-order valence-electron chi connectivity index (χ3n) is 3.61. The number of para-hydroxylation sites is 1. The second-order valence-electron chi connectivity index (χ2n) is 5.63. The maximum atomic E-state index is 13.8. The maximum absolute atomic E-state index is 13.8. The Bertz CT molecular complexity index is 975. The van der Waals surface area contributed by atoms with E-state index < -0.39 is 17.5 Å². The molecule has 1 aromatic heterocycles. The van der Waals surface area contributed by atoms with Crippen molar-refractivity contribution in [1.29, 1.82) is 0 Å². The summed E-state index contributed by atoms with van der Waals surface area (Å²) < 4.78 is 32.7. The van der Waals surface area contributed by atoms with Crippen molar-refractivity contribution in [3.8, 4) is 5.75 Å². The van der Waals surface area contributed by atoms with Crippen LogP contribution in [0.25, 0.3) is 0 Å². The zero-order valence-corrected chi connectivity index (χ0v) is 14.6. The Balaban J connectivity index is 1.85. The number of methoxy groups -OCH3 is 1. The van der Waals surface area contributed by atoms with Gasteiger partial charge in [0.2, 0.25) is 5.95 Å². The van der Waals surface area contributed by atoms with Crippen molar-refractivity contribution in [1.82, 2.24) is 9.97 Å². The predicted octanol–water partition coefficient (Wildman–Crippen LogP) is 4.07. The van der Waals surface area contributed by atoms with Gasteiger partial charge in [-0.25, -0.2) is 18.7 Å². The summed E-state index contributed by atoms with van der Waals surface area (Å²) in [4.78, 5) is 20.6. The summed E-state index contributed by atoms with van der Waals surface area (Å²) in [5.41, 5.74) is 0.636. The smallest absolute Gasteiger partial charge is 0.274 e. The normalized spacial score (nSPS) is 10.4. The van der Waals surface area contributed by atoms with E-state index in [2.05, 4.69) is 20.6 Å². The van der Waals surface area contributed by atoms with Crippen molar-refractivity contribution in [3.05, 3.63) is 71.6 Å². The predicted molar refractivity (Wildman–Crippen MR) is 97.4 cm³/mol. The fraction of sp³-hybridized carbons (Fsp3) is 0.105. The van der Waals surface area contributed by atoms with Gasteiger partial charge in [-0.05, 0) is 37.3 Å². The molecule has 0 atom stereocenters. The Labute approximate surface area is 154 Å². The minimum Gasteiger partial charge on any atom is -0.497 e. The number of halogens is 2. The minimum absolute atomic E-state index is 0.0459. The third-order valence-corrected chi connectivity index (χ3v) is 3.61. The molecule has 8 heteroatoms. The molecule has 1 amide bonds.